The average Bonchev–Trinajstić information content (AvgIpc) is 2.87. The van der Waals surface area contributed by atoms with Crippen LogP contribution in [0.3, 0.4) is 0 Å². The van der Waals surface area contributed by atoms with E-state index in [0.717, 1.165) is 38.8 Å². The monoisotopic (exact) mass is 480 g/mol. The highest BCUT2D eigenvalue weighted by Crippen LogP contribution is 2.40. The van der Waals surface area contributed by atoms with E-state index < -0.39 is 0 Å². The Morgan fingerprint density at radius 3 is 2.53 bits per heavy atom. The number of anilines is 1. The molecule has 7 nitrogen and oxygen atoms in total. The number of fused-ring (bicyclic) bond motifs is 1. The molecule has 1 aliphatic heterocycles. The number of para-hydroxylation sites is 1. The first kappa shape index (κ1) is 23.1. The zero-order chi connectivity index (χ0) is 25.4. The van der Waals surface area contributed by atoms with Crippen molar-refractivity contribution in [2.45, 2.75) is 6.92 Å². The maximum Gasteiger partial charge on any atom is 0.188 e. The highest BCUT2D eigenvalue weighted by atomic mass is 19.1. The molecule has 0 bridgehead atoms. The van der Waals surface area contributed by atoms with Crippen molar-refractivity contribution in [1.29, 1.82) is 10.7 Å². The summed E-state index contributed by atoms with van der Waals surface area (Å²) in [6.07, 6.45) is 1.77. The lowest BCUT2D eigenvalue weighted by atomic mass is 9.96. The van der Waals surface area contributed by atoms with Crippen molar-refractivity contribution in [3.63, 3.8) is 0 Å². The number of aromatic hydroxyl groups is 1. The van der Waals surface area contributed by atoms with Gasteiger partial charge in [-0.25, -0.2) is 4.39 Å². The number of hydrogen-bond acceptors (Lipinski definition) is 5. The van der Waals surface area contributed by atoms with Gasteiger partial charge in [0, 0.05) is 48.9 Å². The van der Waals surface area contributed by atoms with Crippen LogP contribution in [0.2, 0.25) is 0 Å². The van der Waals surface area contributed by atoms with Gasteiger partial charge in [0.25, 0.3) is 0 Å². The minimum Gasteiger partial charge on any atom is -0.506 e. The van der Waals surface area contributed by atoms with Gasteiger partial charge >= 0.3 is 0 Å². The molecule has 0 atom stereocenters. The lowest BCUT2D eigenvalue weighted by Gasteiger charge is -2.37. The number of nitrogens with two attached hydrogens (primary N) is 1. The molecule has 0 spiro atoms. The number of phenolic OH excluding ortho intramolecular Hbond substituents is 1. The summed E-state index contributed by atoms with van der Waals surface area (Å²) in [5.41, 5.74) is 11.2. The Kier molecular flexibility index (Phi) is 5.90. The smallest absolute Gasteiger partial charge is 0.188 e. The highest BCUT2D eigenvalue weighted by molar-refractivity contribution is 6.02. The van der Waals surface area contributed by atoms with Gasteiger partial charge in [-0.15, -0.1) is 0 Å². The van der Waals surface area contributed by atoms with Crippen LogP contribution in [-0.2, 0) is 0 Å². The molecule has 1 aliphatic rings. The molecule has 0 saturated carbocycles. The van der Waals surface area contributed by atoms with Crippen LogP contribution in [-0.4, -0.2) is 47.1 Å². The maximum atomic E-state index is 14.4. The van der Waals surface area contributed by atoms with Gasteiger partial charge in [-0.2, -0.15) is 5.26 Å². The summed E-state index contributed by atoms with van der Waals surface area (Å²) in [4.78, 5) is 8.72. The summed E-state index contributed by atoms with van der Waals surface area (Å²) >= 11 is 0. The number of halogens is 1. The van der Waals surface area contributed by atoms with E-state index in [4.69, 9.17) is 11.1 Å². The molecule has 4 N–H and O–H groups in total. The number of phenols is 1. The maximum absolute atomic E-state index is 14.4. The van der Waals surface area contributed by atoms with Gasteiger partial charge in [0.15, 0.2) is 5.96 Å². The lowest BCUT2D eigenvalue weighted by Crippen LogP contribution is -2.51. The molecule has 0 amide bonds. The SMILES string of the molecule is Cc1cc(F)cc(-c2cnc3ccc(-c4cccc(C#N)c4O)cc3c2N2CCN(C(=N)N)CC2)c1. The second kappa shape index (κ2) is 9.19. The number of piperazine rings is 1. The van der Waals surface area contributed by atoms with E-state index in [1.165, 1.54) is 12.1 Å². The van der Waals surface area contributed by atoms with Crippen molar-refractivity contribution in [1.82, 2.24) is 9.88 Å². The Balaban J connectivity index is 1.73. The molecule has 0 unspecified atom stereocenters. The Hall–Kier alpha value is -4.64. The van der Waals surface area contributed by atoms with Crippen molar-refractivity contribution < 1.29 is 9.50 Å². The second-order valence-corrected chi connectivity index (χ2v) is 8.94. The van der Waals surface area contributed by atoms with E-state index >= 15 is 0 Å². The number of nitriles is 1. The van der Waals surface area contributed by atoms with Crippen molar-refractivity contribution in [2.75, 3.05) is 31.1 Å². The van der Waals surface area contributed by atoms with Crippen LogP contribution in [0.15, 0.2) is 60.8 Å². The third-order valence-electron chi connectivity index (χ3n) is 6.60. The zero-order valence-electron chi connectivity index (χ0n) is 19.8. The molecule has 3 aromatic carbocycles. The van der Waals surface area contributed by atoms with E-state index in [0.29, 0.717) is 31.7 Å². The first-order valence-corrected chi connectivity index (χ1v) is 11.6. The molecule has 1 saturated heterocycles. The number of pyridine rings is 1. The van der Waals surface area contributed by atoms with Crippen LogP contribution in [0.4, 0.5) is 10.1 Å². The van der Waals surface area contributed by atoms with Gasteiger partial charge in [-0.1, -0.05) is 24.3 Å². The van der Waals surface area contributed by atoms with Gasteiger partial charge in [-0.05, 0) is 53.9 Å². The van der Waals surface area contributed by atoms with Crippen LogP contribution < -0.4 is 10.6 Å². The summed E-state index contributed by atoms with van der Waals surface area (Å²) in [6, 6.07) is 17.8. The van der Waals surface area contributed by atoms with E-state index in [1.807, 2.05) is 42.2 Å². The number of aryl methyl sites for hydroxylation is 1. The predicted molar refractivity (Wildman–Crippen MR) is 139 cm³/mol. The fourth-order valence-electron chi connectivity index (χ4n) is 4.83. The molecule has 1 aromatic heterocycles. The number of hydrogen-bond donors (Lipinski definition) is 3. The lowest BCUT2D eigenvalue weighted by molar-refractivity contribution is 0.380. The normalized spacial score (nSPS) is 13.6. The van der Waals surface area contributed by atoms with Crippen LogP contribution >= 0.6 is 0 Å². The predicted octanol–water partition coefficient (Wildman–Crippen LogP) is 4.61. The van der Waals surface area contributed by atoms with E-state index in [9.17, 15) is 14.8 Å². The quantitative estimate of drug-likeness (QED) is 0.292. The molecule has 4 aromatic rings. The topological polar surface area (TPSA) is 113 Å². The van der Waals surface area contributed by atoms with Gasteiger partial charge in [-0.3, -0.25) is 10.4 Å². The Labute approximate surface area is 208 Å². The van der Waals surface area contributed by atoms with Crippen molar-refractivity contribution in [2.24, 2.45) is 5.73 Å². The van der Waals surface area contributed by atoms with Crippen LogP contribution in [0.1, 0.15) is 11.1 Å². The zero-order valence-corrected chi connectivity index (χ0v) is 19.8. The molecular weight excluding hydrogens is 455 g/mol. The van der Waals surface area contributed by atoms with Crippen molar-refractivity contribution in [3.05, 3.63) is 77.7 Å². The van der Waals surface area contributed by atoms with Gasteiger partial charge in [0.05, 0.1) is 16.8 Å². The summed E-state index contributed by atoms with van der Waals surface area (Å²) in [5.74, 6) is -0.337. The van der Waals surface area contributed by atoms with Crippen molar-refractivity contribution >= 4 is 22.5 Å². The molecule has 8 heteroatoms. The summed E-state index contributed by atoms with van der Waals surface area (Å²) < 4.78 is 14.4. The molecule has 180 valence electrons. The number of guanidine groups is 1. The number of nitrogens with zero attached hydrogens (tertiary/aromatic N) is 4. The molecule has 2 heterocycles. The third kappa shape index (κ3) is 4.16. The number of benzene rings is 3. The number of nitrogens with one attached hydrogen (secondary N) is 1. The van der Waals surface area contributed by atoms with Gasteiger partial charge in [0.1, 0.15) is 17.6 Å². The standard InChI is InChI=1S/C28H25FN6O/c1-17-11-20(13-21(29)12-17)24-16-33-25-6-5-18(22-4-2-3-19(15-30)27(22)36)14-23(25)26(24)34-7-9-35(10-8-34)28(31)32/h2-6,11-14,16,36H,7-10H2,1H3,(H3,31,32). The van der Waals surface area contributed by atoms with Gasteiger partial charge < -0.3 is 20.6 Å². The molecule has 0 radical (unpaired) electrons. The van der Waals surface area contributed by atoms with Gasteiger partial charge in [0.2, 0.25) is 0 Å². The summed E-state index contributed by atoms with van der Waals surface area (Å²) in [7, 11) is 0. The first-order valence-electron chi connectivity index (χ1n) is 11.6. The summed E-state index contributed by atoms with van der Waals surface area (Å²) in [5, 5.41) is 28.7. The molecule has 1 fully saturated rings. The average molecular weight is 481 g/mol. The van der Waals surface area contributed by atoms with Crippen LogP contribution in [0.25, 0.3) is 33.2 Å². The third-order valence-corrected chi connectivity index (χ3v) is 6.60. The number of rotatable bonds is 3. The minimum absolute atomic E-state index is 0.0466. The second-order valence-electron chi connectivity index (χ2n) is 8.94. The summed E-state index contributed by atoms with van der Waals surface area (Å²) in [6.45, 7) is 4.28. The van der Waals surface area contributed by atoms with E-state index in [1.54, 1.807) is 24.4 Å². The fourth-order valence-corrected chi connectivity index (χ4v) is 4.83. The van der Waals surface area contributed by atoms with Crippen molar-refractivity contribution in [3.8, 4) is 34.1 Å². The largest absolute Gasteiger partial charge is 0.506 e. The van der Waals surface area contributed by atoms with E-state index in [2.05, 4.69) is 9.88 Å². The molecule has 5 rings (SSSR count). The minimum atomic E-state index is -0.315. The fraction of sp³-hybridized carbons (Fsp3) is 0.179. The highest BCUT2D eigenvalue weighted by Gasteiger charge is 2.24. The Bertz CT molecular complexity index is 1520. The first-order chi connectivity index (χ1) is 17.4. The molecular formula is C28H25FN6O. The van der Waals surface area contributed by atoms with Crippen LogP contribution in [0.5, 0.6) is 5.75 Å². The van der Waals surface area contributed by atoms with E-state index in [-0.39, 0.29) is 23.1 Å². The molecule has 36 heavy (non-hydrogen) atoms. The number of aromatic nitrogens is 1. The van der Waals surface area contributed by atoms with Crippen LogP contribution in [0, 0.1) is 29.5 Å². The molecule has 0 aliphatic carbocycles. The Morgan fingerprint density at radius 1 is 1.06 bits per heavy atom. The Morgan fingerprint density at radius 2 is 1.83 bits per heavy atom.